The molecule has 0 fully saturated rings. The van der Waals surface area contributed by atoms with Gasteiger partial charge in [-0.1, -0.05) is 6.07 Å². The molecule has 3 nitrogen and oxygen atoms in total. The highest BCUT2D eigenvalue weighted by Gasteiger charge is 2.35. The molecule has 0 atom stereocenters. The van der Waals surface area contributed by atoms with E-state index in [4.69, 9.17) is 0 Å². The highest BCUT2D eigenvalue weighted by Crippen LogP contribution is 2.33. The minimum Gasteiger partial charge on any atom is -0.328 e. The van der Waals surface area contributed by atoms with Gasteiger partial charge >= 0.3 is 6.18 Å². The fraction of sp³-hybridized carbons (Fsp3) is 0.400. The van der Waals surface area contributed by atoms with Gasteiger partial charge < -0.3 is 9.88 Å². The first-order chi connectivity index (χ1) is 10.2. The largest absolute Gasteiger partial charge is 0.434 e. The molecule has 1 heterocycles. The van der Waals surface area contributed by atoms with Gasteiger partial charge in [0.05, 0.1) is 5.56 Å². The summed E-state index contributed by atoms with van der Waals surface area (Å²) in [6.45, 7) is 3.92. The Morgan fingerprint density at radius 2 is 1.95 bits per heavy atom. The Hall–Kier alpha value is -1.89. The van der Waals surface area contributed by atoms with Crippen molar-refractivity contribution in [3.05, 3.63) is 41.5 Å². The van der Waals surface area contributed by atoms with Gasteiger partial charge in [0.15, 0.2) is 5.69 Å². The van der Waals surface area contributed by atoms with Crippen LogP contribution in [0.5, 0.6) is 0 Å². The Kier molecular flexibility index (Phi) is 4.55. The SMILES string of the molecule is CNCc1ccc(-c2nc(C(F)(F)F)cn2C(C)C)c(F)c1. The molecule has 2 aromatic rings. The third-order valence-corrected chi connectivity index (χ3v) is 3.23. The molecule has 1 aromatic carbocycles. The van der Waals surface area contributed by atoms with Crippen molar-refractivity contribution in [3.8, 4) is 11.4 Å². The van der Waals surface area contributed by atoms with Gasteiger partial charge in [-0.05, 0) is 38.6 Å². The lowest BCUT2D eigenvalue weighted by atomic mass is 10.1. The average Bonchev–Trinajstić information content (AvgIpc) is 2.84. The number of benzene rings is 1. The summed E-state index contributed by atoms with van der Waals surface area (Å²) in [5, 5.41) is 2.89. The summed E-state index contributed by atoms with van der Waals surface area (Å²) in [6, 6.07) is 4.17. The van der Waals surface area contributed by atoms with Crippen LogP contribution in [-0.4, -0.2) is 16.6 Å². The number of rotatable bonds is 4. The molecule has 0 bridgehead atoms. The monoisotopic (exact) mass is 315 g/mol. The van der Waals surface area contributed by atoms with Gasteiger partial charge in [-0.3, -0.25) is 0 Å². The lowest BCUT2D eigenvalue weighted by Crippen LogP contribution is -2.06. The van der Waals surface area contributed by atoms with Crippen LogP contribution >= 0.6 is 0 Å². The number of alkyl halides is 3. The van der Waals surface area contributed by atoms with E-state index in [0.717, 1.165) is 6.20 Å². The molecule has 0 aliphatic heterocycles. The van der Waals surface area contributed by atoms with E-state index in [-0.39, 0.29) is 17.4 Å². The maximum Gasteiger partial charge on any atom is 0.434 e. The van der Waals surface area contributed by atoms with Crippen molar-refractivity contribution in [2.75, 3.05) is 7.05 Å². The second kappa shape index (κ2) is 6.08. The minimum atomic E-state index is -4.56. The van der Waals surface area contributed by atoms with Crippen LogP contribution in [0.4, 0.5) is 17.6 Å². The smallest absolute Gasteiger partial charge is 0.328 e. The van der Waals surface area contributed by atoms with Gasteiger partial charge in [-0.2, -0.15) is 13.2 Å². The number of halogens is 4. The molecule has 0 unspecified atom stereocenters. The van der Waals surface area contributed by atoms with Gasteiger partial charge in [-0.25, -0.2) is 9.37 Å². The first kappa shape index (κ1) is 16.5. The standard InChI is InChI=1S/C15H17F4N3/c1-9(2)22-8-13(15(17,18)19)21-14(22)11-5-4-10(7-20-3)6-12(11)16/h4-6,8-9,20H,7H2,1-3H3. The molecule has 0 aliphatic carbocycles. The van der Waals surface area contributed by atoms with Crippen molar-refractivity contribution >= 4 is 0 Å². The summed E-state index contributed by atoms with van der Waals surface area (Å²) in [5.41, 5.74) is -0.249. The second-order valence-electron chi connectivity index (χ2n) is 5.29. The van der Waals surface area contributed by atoms with Crippen LogP contribution in [0.1, 0.15) is 31.1 Å². The van der Waals surface area contributed by atoms with Crippen LogP contribution in [0.25, 0.3) is 11.4 Å². The number of hydrogen-bond acceptors (Lipinski definition) is 2. The Bertz CT molecular complexity index is 659. The third kappa shape index (κ3) is 3.30. The summed E-state index contributed by atoms with van der Waals surface area (Å²) in [4.78, 5) is 3.59. The predicted octanol–water partition coefficient (Wildman–Crippen LogP) is 4.01. The molecule has 0 saturated carbocycles. The molecule has 120 valence electrons. The molecule has 0 amide bonds. The molecule has 0 aliphatic rings. The highest BCUT2D eigenvalue weighted by molar-refractivity contribution is 5.58. The van der Waals surface area contributed by atoms with Crippen LogP contribution < -0.4 is 5.32 Å². The van der Waals surface area contributed by atoms with Gasteiger partial charge in [0.2, 0.25) is 0 Å². The molecular weight excluding hydrogens is 298 g/mol. The van der Waals surface area contributed by atoms with Crippen molar-refractivity contribution in [2.24, 2.45) is 0 Å². The number of imidazole rings is 1. The predicted molar refractivity (Wildman–Crippen MR) is 75.8 cm³/mol. The molecular formula is C15H17F4N3. The second-order valence-corrected chi connectivity index (χ2v) is 5.29. The highest BCUT2D eigenvalue weighted by atomic mass is 19.4. The van der Waals surface area contributed by atoms with Crippen LogP contribution in [0.15, 0.2) is 24.4 Å². The average molecular weight is 315 g/mol. The maximum atomic E-state index is 14.2. The topological polar surface area (TPSA) is 29.9 Å². The summed E-state index contributed by atoms with van der Waals surface area (Å²) < 4.78 is 54.1. The van der Waals surface area contributed by atoms with E-state index in [2.05, 4.69) is 10.3 Å². The summed E-state index contributed by atoms with van der Waals surface area (Å²) >= 11 is 0. The lowest BCUT2D eigenvalue weighted by molar-refractivity contribution is -0.140. The normalized spacial score (nSPS) is 12.2. The Labute approximate surface area is 126 Å². The van der Waals surface area contributed by atoms with Gasteiger partial charge in [0.1, 0.15) is 11.6 Å². The van der Waals surface area contributed by atoms with Crippen LogP contribution in [0.2, 0.25) is 0 Å². The fourth-order valence-electron chi connectivity index (χ4n) is 2.18. The quantitative estimate of drug-likeness (QED) is 0.864. The van der Waals surface area contributed by atoms with E-state index >= 15 is 0 Å². The summed E-state index contributed by atoms with van der Waals surface area (Å²) in [5.74, 6) is -0.607. The fourth-order valence-corrected chi connectivity index (χ4v) is 2.18. The molecule has 1 aromatic heterocycles. The van der Waals surface area contributed by atoms with Gasteiger partial charge in [0.25, 0.3) is 0 Å². The first-order valence-electron chi connectivity index (χ1n) is 6.83. The van der Waals surface area contributed by atoms with Crippen molar-refractivity contribution < 1.29 is 17.6 Å². The molecule has 2 rings (SSSR count). The van der Waals surface area contributed by atoms with Crippen molar-refractivity contribution in [2.45, 2.75) is 32.6 Å². The zero-order chi connectivity index (χ0) is 16.5. The third-order valence-electron chi connectivity index (χ3n) is 3.23. The molecule has 0 radical (unpaired) electrons. The Balaban J connectivity index is 2.54. The molecule has 0 saturated heterocycles. The summed E-state index contributed by atoms with van der Waals surface area (Å²) in [7, 11) is 1.73. The van der Waals surface area contributed by atoms with Crippen molar-refractivity contribution in [1.29, 1.82) is 0 Å². The van der Waals surface area contributed by atoms with E-state index in [1.54, 1.807) is 27.0 Å². The number of nitrogens with one attached hydrogen (secondary N) is 1. The van der Waals surface area contributed by atoms with Crippen LogP contribution in [0.3, 0.4) is 0 Å². The summed E-state index contributed by atoms with van der Waals surface area (Å²) in [6.07, 6.45) is -3.64. The number of nitrogens with zero attached hydrogens (tertiary/aromatic N) is 2. The van der Waals surface area contributed by atoms with E-state index in [0.29, 0.717) is 12.1 Å². The van der Waals surface area contributed by atoms with Gasteiger partial charge in [0, 0.05) is 18.8 Å². The first-order valence-corrected chi connectivity index (χ1v) is 6.83. The van der Waals surface area contributed by atoms with Gasteiger partial charge in [-0.15, -0.1) is 0 Å². The van der Waals surface area contributed by atoms with E-state index in [1.165, 1.54) is 16.7 Å². The van der Waals surface area contributed by atoms with E-state index < -0.39 is 17.7 Å². The zero-order valence-electron chi connectivity index (χ0n) is 12.5. The molecule has 1 N–H and O–H groups in total. The number of hydrogen-bond donors (Lipinski definition) is 1. The van der Waals surface area contributed by atoms with Crippen LogP contribution in [0, 0.1) is 5.82 Å². The molecule has 0 spiro atoms. The van der Waals surface area contributed by atoms with Crippen molar-refractivity contribution in [1.82, 2.24) is 14.9 Å². The van der Waals surface area contributed by atoms with E-state index in [1.807, 2.05) is 0 Å². The van der Waals surface area contributed by atoms with E-state index in [9.17, 15) is 17.6 Å². The number of aromatic nitrogens is 2. The zero-order valence-corrected chi connectivity index (χ0v) is 12.5. The minimum absolute atomic E-state index is 0.0177. The maximum absolute atomic E-state index is 14.2. The van der Waals surface area contributed by atoms with Crippen molar-refractivity contribution in [3.63, 3.8) is 0 Å². The Morgan fingerprint density at radius 1 is 1.27 bits per heavy atom. The molecule has 22 heavy (non-hydrogen) atoms. The lowest BCUT2D eigenvalue weighted by Gasteiger charge is -2.12. The molecule has 7 heteroatoms. The Morgan fingerprint density at radius 3 is 2.45 bits per heavy atom. The van der Waals surface area contributed by atoms with Crippen LogP contribution in [-0.2, 0) is 12.7 Å².